The van der Waals surface area contributed by atoms with E-state index in [4.69, 9.17) is 0 Å². The van der Waals surface area contributed by atoms with Crippen molar-refractivity contribution >= 4 is 34.7 Å². The van der Waals surface area contributed by atoms with E-state index in [-0.39, 0.29) is 22.8 Å². The Morgan fingerprint density at radius 1 is 1.16 bits per heavy atom. The summed E-state index contributed by atoms with van der Waals surface area (Å²) in [6, 6.07) is 12.1. The number of benzene rings is 2. The predicted molar refractivity (Wildman–Crippen MR) is 91.0 cm³/mol. The van der Waals surface area contributed by atoms with E-state index in [2.05, 4.69) is 15.8 Å². The number of carboxylic acids is 1. The first-order valence-corrected chi connectivity index (χ1v) is 7.07. The third kappa shape index (κ3) is 4.61. The highest BCUT2D eigenvalue weighted by Gasteiger charge is 2.17. The van der Waals surface area contributed by atoms with Crippen LogP contribution in [-0.4, -0.2) is 27.6 Å². The average molecular weight is 342 g/mol. The van der Waals surface area contributed by atoms with Crippen LogP contribution in [0.4, 0.5) is 17.1 Å². The molecule has 25 heavy (non-hydrogen) atoms. The van der Waals surface area contributed by atoms with Gasteiger partial charge in [-0.15, -0.1) is 0 Å². The first-order chi connectivity index (χ1) is 11.9. The number of rotatable bonds is 6. The van der Waals surface area contributed by atoms with Crippen LogP contribution in [0.2, 0.25) is 0 Å². The minimum Gasteiger partial charge on any atom is -0.478 e. The van der Waals surface area contributed by atoms with Crippen molar-refractivity contribution in [3.63, 3.8) is 0 Å². The molecule has 0 unspecified atom stereocenters. The Balaban J connectivity index is 2.34. The summed E-state index contributed by atoms with van der Waals surface area (Å²) in [5, 5.41) is 20.0. The maximum atomic E-state index is 11.7. The van der Waals surface area contributed by atoms with E-state index >= 15 is 0 Å². The van der Waals surface area contributed by atoms with Gasteiger partial charge in [0.25, 0.3) is 5.69 Å². The molecule has 0 radical (unpaired) electrons. The van der Waals surface area contributed by atoms with Crippen molar-refractivity contribution in [2.45, 2.75) is 6.92 Å². The quantitative estimate of drug-likeness (QED) is 0.318. The van der Waals surface area contributed by atoms with Crippen molar-refractivity contribution < 1.29 is 19.6 Å². The van der Waals surface area contributed by atoms with Crippen LogP contribution >= 0.6 is 0 Å². The highest BCUT2D eigenvalue weighted by Crippen LogP contribution is 2.24. The molecule has 0 aliphatic rings. The number of ketones is 1. The zero-order valence-electron chi connectivity index (χ0n) is 13.1. The van der Waals surface area contributed by atoms with Crippen molar-refractivity contribution in [3.8, 4) is 0 Å². The van der Waals surface area contributed by atoms with Crippen LogP contribution in [0.1, 0.15) is 17.3 Å². The van der Waals surface area contributed by atoms with Crippen molar-refractivity contribution in [2.75, 3.05) is 5.43 Å². The molecule has 0 aliphatic carbocycles. The highest BCUT2D eigenvalue weighted by atomic mass is 16.6. The van der Waals surface area contributed by atoms with E-state index < -0.39 is 16.7 Å². The second-order valence-corrected chi connectivity index (χ2v) is 4.90. The van der Waals surface area contributed by atoms with Gasteiger partial charge in [0.05, 0.1) is 21.9 Å². The SMILES string of the molecule is CC(=O)C(=Nc1ccc([N+](=O)[O-])cc1C(=O)O)NNc1ccccc1. The van der Waals surface area contributed by atoms with Crippen molar-refractivity contribution in [1.29, 1.82) is 0 Å². The number of carbonyl (C=O) groups is 2. The van der Waals surface area contributed by atoms with Gasteiger partial charge in [-0.1, -0.05) is 18.2 Å². The second-order valence-electron chi connectivity index (χ2n) is 4.90. The molecule has 2 rings (SSSR count). The number of amidine groups is 1. The van der Waals surface area contributed by atoms with Crippen molar-refractivity contribution in [1.82, 2.24) is 5.43 Å². The van der Waals surface area contributed by atoms with E-state index in [9.17, 15) is 24.8 Å². The molecule has 0 aliphatic heterocycles. The van der Waals surface area contributed by atoms with Gasteiger partial charge in [-0.2, -0.15) is 0 Å². The molecule has 0 spiro atoms. The number of nitro benzene ring substituents is 1. The molecule has 2 aromatic carbocycles. The Labute approximate surface area is 142 Å². The van der Waals surface area contributed by atoms with E-state index in [0.717, 1.165) is 12.1 Å². The van der Waals surface area contributed by atoms with Gasteiger partial charge in [-0.05, 0) is 18.2 Å². The Morgan fingerprint density at radius 3 is 2.40 bits per heavy atom. The summed E-state index contributed by atoms with van der Waals surface area (Å²) in [5.41, 5.74) is 5.21. The van der Waals surface area contributed by atoms with Crippen molar-refractivity contribution in [3.05, 3.63) is 64.2 Å². The number of para-hydroxylation sites is 1. The number of nitrogens with one attached hydrogen (secondary N) is 2. The molecule has 0 bridgehead atoms. The first kappa shape index (κ1) is 17.6. The molecular weight excluding hydrogens is 328 g/mol. The molecule has 0 saturated heterocycles. The molecule has 0 fully saturated rings. The number of nitro groups is 1. The van der Waals surface area contributed by atoms with Crippen LogP contribution in [0, 0.1) is 10.1 Å². The fraction of sp³-hybridized carbons (Fsp3) is 0.0625. The largest absolute Gasteiger partial charge is 0.478 e. The molecule has 0 saturated carbocycles. The van der Waals surface area contributed by atoms with Gasteiger partial charge in [0, 0.05) is 19.1 Å². The molecule has 128 valence electrons. The maximum absolute atomic E-state index is 11.7. The molecule has 0 heterocycles. The number of carboxylic acid groups (broad SMARTS) is 1. The number of anilines is 1. The molecule has 9 heteroatoms. The van der Waals surface area contributed by atoms with Gasteiger partial charge in [0.15, 0.2) is 11.6 Å². The molecule has 3 N–H and O–H groups in total. The van der Waals surface area contributed by atoms with Crippen LogP contribution in [0.5, 0.6) is 0 Å². The number of hydrogen-bond donors (Lipinski definition) is 3. The Morgan fingerprint density at radius 2 is 1.84 bits per heavy atom. The maximum Gasteiger partial charge on any atom is 0.338 e. The smallest absolute Gasteiger partial charge is 0.338 e. The van der Waals surface area contributed by atoms with E-state index in [1.165, 1.54) is 13.0 Å². The molecular formula is C16H14N4O5. The first-order valence-electron chi connectivity index (χ1n) is 7.07. The van der Waals surface area contributed by atoms with Gasteiger partial charge < -0.3 is 5.11 Å². The summed E-state index contributed by atoms with van der Waals surface area (Å²) in [6.07, 6.45) is 0. The van der Waals surface area contributed by atoms with Gasteiger partial charge in [-0.3, -0.25) is 25.8 Å². The number of carbonyl (C=O) groups excluding carboxylic acids is 1. The third-order valence-corrected chi connectivity index (χ3v) is 3.09. The highest BCUT2D eigenvalue weighted by molar-refractivity contribution is 6.38. The second kappa shape index (κ2) is 7.68. The van der Waals surface area contributed by atoms with Gasteiger partial charge in [0.1, 0.15) is 0 Å². The van der Waals surface area contributed by atoms with Gasteiger partial charge >= 0.3 is 5.97 Å². The number of Topliss-reactive ketones (excluding diaryl/α,β-unsaturated/α-hetero) is 1. The molecule has 0 atom stereocenters. The fourth-order valence-corrected chi connectivity index (χ4v) is 1.87. The summed E-state index contributed by atoms with van der Waals surface area (Å²) in [5.74, 6) is -1.97. The summed E-state index contributed by atoms with van der Waals surface area (Å²) < 4.78 is 0. The zero-order valence-corrected chi connectivity index (χ0v) is 13.1. The van der Waals surface area contributed by atoms with Crippen LogP contribution in [-0.2, 0) is 4.79 Å². The number of non-ortho nitro benzene ring substituents is 1. The van der Waals surface area contributed by atoms with E-state index in [1.54, 1.807) is 24.3 Å². The molecule has 0 amide bonds. The summed E-state index contributed by atoms with van der Waals surface area (Å²) >= 11 is 0. The minimum absolute atomic E-state index is 0.0781. The predicted octanol–water partition coefficient (Wildman–Crippen LogP) is 2.53. The number of aromatic carboxylic acids is 1. The number of hydrazine groups is 1. The summed E-state index contributed by atoms with van der Waals surface area (Å²) in [4.78, 5) is 37.1. The van der Waals surface area contributed by atoms with Crippen LogP contribution in [0.25, 0.3) is 0 Å². The lowest BCUT2D eigenvalue weighted by Gasteiger charge is -2.10. The third-order valence-electron chi connectivity index (χ3n) is 3.09. The average Bonchev–Trinajstić information content (AvgIpc) is 2.59. The van der Waals surface area contributed by atoms with Crippen LogP contribution in [0.15, 0.2) is 53.5 Å². The lowest BCUT2D eigenvalue weighted by molar-refractivity contribution is -0.384. The van der Waals surface area contributed by atoms with E-state index in [1.807, 2.05) is 6.07 Å². The zero-order chi connectivity index (χ0) is 18.4. The number of nitrogens with zero attached hydrogens (tertiary/aromatic N) is 2. The standard InChI is InChI=1S/C16H14N4O5/c1-10(21)15(19-18-11-5-3-2-4-6-11)17-14-8-7-12(20(24)25)9-13(14)16(22)23/h2-9,18H,1H3,(H,17,19)(H,22,23). The summed E-state index contributed by atoms with van der Waals surface area (Å²) in [7, 11) is 0. The topological polar surface area (TPSA) is 134 Å². The Kier molecular flexibility index (Phi) is 5.41. The normalized spacial score (nSPS) is 10.8. The number of aliphatic imine (C=N–C) groups is 1. The Bertz CT molecular complexity index is 849. The monoisotopic (exact) mass is 342 g/mol. The molecule has 0 aromatic heterocycles. The van der Waals surface area contributed by atoms with Crippen LogP contribution < -0.4 is 10.9 Å². The van der Waals surface area contributed by atoms with Crippen molar-refractivity contribution in [2.24, 2.45) is 4.99 Å². The fourth-order valence-electron chi connectivity index (χ4n) is 1.87. The van der Waals surface area contributed by atoms with E-state index in [0.29, 0.717) is 5.69 Å². The Hall–Kier alpha value is -3.75. The minimum atomic E-state index is -1.39. The lowest BCUT2D eigenvalue weighted by Crippen LogP contribution is -2.34. The molecule has 2 aromatic rings. The lowest BCUT2D eigenvalue weighted by atomic mass is 10.1. The van der Waals surface area contributed by atoms with Crippen LogP contribution in [0.3, 0.4) is 0 Å². The van der Waals surface area contributed by atoms with Gasteiger partial charge in [0.2, 0.25) is 0 Å². The summed E-state index contributed by atoms with van der Waals surface area (Å²) in [6.45, 7) is 1.25. The number of hydrogen-bond acceptors (Lipinski definition) is 6. The molecule has 9 nitrogen and oxygen atoms in total. The van der Waals surface area contributed by atoms with Gasteiger partial charge in [-0.25, -0.2) is 9.79 Å².